The van der Waals surface area contributed by atoms with E-state index in [1.807, 2.05) is 0 Å². The van der Waals surface area contributed by atoms with E-state index in [1.165, 1.54) is 24.8 Å². The highest BCUT2D eigenvalue weighted by molar-refractivity contribution is 9.10. The summed E-state index contributed by atoms with van der Waals surface area (Å²) in [5, 5.41) is 0. The van der Waals surface area contributed by atoms with Crippen LogP contribution in [0.25, 0.3) is 0 Å². The Bertz CT molecular complexity index is 514. The molecule has 0 aromatic heterocycles. The predicted octanol–water partition coefficient (Wildman–Crippen LogP) is 5.58. The van der Waals surface area contributed by atoms with Crippen molar-refractivity contribution in [1.29, 1.82) is 0 Å². The highest BCUT2D eigenvalue weighted by Gasteiger charge is 2.66. The van der Waals surface area contributed by atoms with Gasteiger partial charge < -0.3 is 4.74 Å². The fourth-order valence-electron chi connectivity index (χ4n) is 5.01. The Morgan fingerprint density at radius 1 is 1.25 bits per heavy atom. The third-order valence-corrected chi connectivity index (χ3v) is 7.30. The van der Waals surface area contributed by atoms with Crippen LogP contribution in [0.3, 0.4) is 0 Å². The van der Waals surface area contributed by atoms with Gasteiger partial charge in [0, 0.05) is 14.9 Å². The molecule has 3 aliphatic carbocycles. The standard InChI is InChI=1S/C17H20Br2O/c1-2-20-13-6-5-11(18)8-12(13)17(19)16-14-9-3-4-10(7-9)15(14)16/h5-6,8-10,14-17H,2-4,7H2,1H3. The van der Waals surface area contributed by atoms with Crippen LogP contribution in [0.2, 0.25) is 0 Å². The molecule has 20 heavy (non-hydrogen) atoms. The number of fused-ring (bicyclic) bond motifs is 5. The maximum absolute atomic E-state index is 5.83. The van der Waals surface area contributed by atoms with Gasteiger partial charge in [-0.3, -0.25) is 0 Å². The monoisotopic (exact) mass is 398 g/mol. The van der Waals surface area contributed by atoms with Crippen molar-refractivity contribution in [3.63, 3.8) is 0 Å². The molecular weight excluding hydrogens is 380 g/mol. The van der Waals surface area contributed by atoms with E-state index >= 15 is 0 Å². The third kappa shape index (κ3) is 1.99. The minimum Gasteiger partial charge on any atom is -0.494 e. The molecule has 1 aromatic carbocycles. The predicted molar refractivity (Wildman–Crippen MR) is 88.3 cm³/mol. The van der Waals surface area contributed by atoms with Gasteiger partial charge >= 0.3 is 0 Å². The maximum atomic E-state index is 5.83. The van der Waals surface area contributed by atoms with Crippen LogP contribution in [0.5, 0.6) is 5.75 Å². The Hall–Kier alpha value is -0.0200. The second kappa shape index (κ2) is 5.01. The van der Waals surface area contributed by atoms with Gasteiger partial charge in [0.25, 0.3) is 0 Å². The molecule has 0 heterocycles. The van der Waals surface area contributed by atoms with Crippen LogP contribution in [-0.4, -0.2) is 6.61 Å². The lowest BCUT2D eigenvalue weighted by Crippen LogP contribution is -2.06. The Morgan fingerprint density at radius 2 is 1.95 bits per heavy atom. The first-order valence-corrected chi connectivity index (χ1v) is 9.48. The van der Waals surface area contributed by atoms with Crippen LogP contribution in [0, 0.1) is 29.6 Å². The fourth-order valence-corrected chi connectivity index (χ4v) is 6.45. The lowest BCUT2D eigenvalue weighted by atomic mass is 9.97. The number of halogens is 2. The van der Waals surface area contributed by atoms with Gasteiger partial charge in [-0.25, -0.2) is 0 Å². The van der Waals surface area contributed by atoms with Crippen LogP contribution in [0.1, 0.15) is 36.6 Å². The van der Waals surface area contributed by atoms with Gasteiger partial charge in [-0.15, -0.1) is 0 Å². The summed E-state index contributed by atoms with van der Waals surface area (Å²) in [5.41, 5.74) is 1.33. The largest absolute Gasteiger partial charge is 0.494 e. The number of rotatable bonds is 4. The molecule has 5 unspecified atom stereocenters. The molecule has 0 saturated heterocycles. The molecule has 0 spiro atoms. The number of hydrogen-bond acceptors (Lipinski definition) is 1. The minimum atomic E-state index is 0.458. The number of alkyl halides is 1. The first-order chi connectivity index (χ1) is 9.70. The fraction of sp³-hybridized carbons (Fsp3) is 0.647. The van der Waals surface area contributed by atoms with E-state index in [-0.39, 0.29) is 0 Å². The SMILES string of the molecule is CCOc1ccc(Br)cc1C(Br)C1C2C3CCC(C3)C21. The molecule has 3 aliphatic rings. The van der Waals surface area contributed by atoms with Gasteiger partial charge in [0.1, 0.15) is 5.75 Å². The zero-order valence-corrected chi connectivity index (χ0v) is 14.9. The lowest BCUT2D eigenvalue weighted by Gasteiger charge is -2.18. The van der Waals surface area contributed by atoms with E-state index in [0.29, 0.717) is 4.83 Å². The first-order valence-electron chi connectivity index (χ1n) is 7.77. The second-order valence-corrected chi connectivity index (χ2v) is 8.48. The number of benzene rings is 1. The zero-order valence-electron chi connectivity index (χ0n) is 11.7. The molecule has 1 aromatic rings. The van der Waals surface area contributed by atoms with Crippen LogP contribution in [-0.2, 0) is 0 Å². The van der Waals surface area contributed by atoms with Gasteiger partial charge in [-0.05, 0) is 74.0 Å². The zero-order chi connectivity index (χ0) is 13.9. The summed E-state index contributed by atoms with van der Waals surface area (Å²) in [7, 11) is 0. The molecule has 0 N–H and O–H groups in total. The van der Waals surface area contributed by atoms with Crippen molar-refractivity contribution in [2.24, 2.45) is 29.6 Å². The van der Waals surface area contributed by atoms with E-state index in [0.717, 1.165) is 46.4 Å². The van der Waals surface area contributed by atoms with E-state index in [1.54, 1.807) is 0 Å². The molecule has 0 radical (unpaired) electrons. The van der Waals surface area contributed by atoms with Gasteiger partial charge in [0.2, 0.25) is 0 Å². The summed E-state index contributed by atoms with van der Waals surface area (Å²) in [6.45, 7) is 2.79. The summed E-state index contributed by atoms with van der Waals surface area (Å²) < 4.78 is 6.98. The van der Waals surface area contributed by atoms with Gasteiger partial charge in [0.05, 0.1) is 6.61 Å². The van der Waals surface area contributed by atoms with Crippen molar-refractivity contribution in [3.05, 3.63) is 28.2 Å². The maximum Gasteiger partial charge on any atom is 0.123 e. The summed E-state index contributed by atoms with van der Waals surface area (Å²) >= 11 is 7.61. The number of hydrogen-bond donors (Lipinski definition) is 0. The highest BCUT2D eigenvalue weighted by Crippen LogP contribution is 2.73. The Morgan fingerprint density at radius 3 is 2.60 bits per heavy atom. The van der Waals surface area contributed by atoms with Gasteiger partial charge in [-0.1, -0.05) is 31.9 Å². The molecule has 5 atom stereocenters. The van der Waals surface area contributed by atoms with E-state index < -0.39 is 0 Å². The van der Waals surface area contributed by atoms with Crippen molar-refractivity contribution >= 4 is 31.9 Å². The Balaban J connectivity index is 1.60. The molecule has 0 amide bonds. The molecule has 3 heteroatoms. The first kappa shape index (κ1) is 13.6. The molecular formula is C17H20Br2O. The van der Waals surface area contributed by atoms with Crippen LogP contribution < -0.4 is 4.74 Å². The van der Waals surface area contributed by atoms with Crippen LogP contribution >= 0.6 is 31.9 Å². The van der Waals surface area contributed by atoms with Crippen molar-refractivity contribution in [1.82, 2.24) is 0 Å². The molecule has 3 saturated carbocycles. The number of ether oxygens (including phenoxy) is 1. The summed E-state index contributed by atoms with van der Waals surface area (Å²) in [6, 6.07) is 6.41. The molecule has 2 bridgehead atoms. The lowest BCUT2D eigenvalue weighted by molar-refractivity contribution is 0.334. The average Bonchev–Trinajstić information content (AvgIpc) is 2.88. The van der Waals surface area contributed by atoms with Gasteiger partial charge in [-0.2, -0.15) is 0 Å². The van der Waals surface area contributed by atoms with Crippen molar-refractivity contribution < 1.29 is 4.74 Å². The molecule has 1 nitrogen and oxygen atoms in total. The minimum absolute atomic E-state index is 0.458. The summed E-state index contributed by atoms with van der Waals surface area (Å²) in [4.78, 5) is 0.458. The van der Waals surface area contributed by atoms with E-state index in [4.69, 9.17) is 4.74 Å². The molecule has 3 fully saturated rings. The van der Waals surface area contributed by atoms with Crippen molar-refractivity contribution in [3.8, 4) is 5.75 Å². The van der Waals surface area contributed by atoms with Gasteiger partial charge in [0.15, 0.2) is 0 Å². The molecule has 0 aliphatic heterocycles. The van der Waals surface area contributed by atoms with Crippen molar-refractivity contribution in [2.45, 2.75) is 31.0 Å². The molecule has 4 rings (SSSR count). The van der Waals surface area contributed by atoms with Crippen LogP contribution in [0.15, 0.2) is 22.7 Å². The van der Waals surface area contributed by atoms with E-state index in [2.05, 4.69) is 57.0 Å². The third-order valence-electron chi connectivity index (χ3n) is 5.70. The topological polar surface area (TPSA) is 9.23 Å². The molecule has 108 valence electrons. The van der Waals surface area contributed by atoms with Crippen molar-refractivity contribution in [2.75, 3.05) is 6.61 Å². The Kier molecular flexibility index (Phi) is 3.42. The quantitative estimate of drug-likeness (QED) is 0.600. The second-order valence-electron chi connectivity index (χ2n) is 6.58. The summed E-state index contributed by atoms with van der Waals surface area (Å²) in [6.07, 6.45) is 4.49. The highest BCUT2D eigenvalue weighted by atomic mass is 79.9. The smallest absolute Gasteiger partial charge is 0.123 e. The average molecular weight is 400 g/mol. The normalized spacial score (nSPS) is 38.6. The Labute approximate surface area is 137 Å². The summed E-state index contributed by atoms with van der Waals surface area (Å²) in [5.74, 6) is 5.93. The van der Waals surface area contributed by atoms with E-state index in [9.17, 15) is 0 Å². The van der Waals surface area contributed by atoms with Crippen LogP contribution in [0.4, 0.5) is 0 Å².